The molecule has 4 N–H and O–H groups in total. The second-order valence-corrected chi connectivity index (χ2v) is 3.75. The molecule has 0 heterocycles. The van der Waals surface area contributed by atoms with Crippen LogP contribution in [0, 0.1) is 0 Å². The predicted octanol–water partition coefficient (Wildman–Crippen LogP) is 0.416. The smallest absolute Gasteiger partial charge is 0.252 e. The van der Waals surface area contributed by atoms with Crippen LogP contribution in [0.3, 0.4) is 0 Å². The molecule has 0 aliphatic rings. The lowest BCUT2D eigenvalue weighted by molar-refractivity contribution is -0.121. The van der Waals surface area contributed by atoms with Gasteiger partial charge in [0.2, 0.25) is 0 Å². The molecular formula is C11H16ClN3O. The molecule has 0 aliphatic heterocycles. The largest absolute Gasteiger partial charge is 0.350 e. The molecule has 0 saturated carbocycles. The first kappa shape index (κ1) is 13.0. The molecule has 0 radical (unpaired) electrons. The Labute approximate surface area is 100 Å². The highest BCUT2D eigenvalue weighted by atomic mass is 35.5. The standard InChI is InChI=1S/C11H16ClN3O/c12-10(14-7-6-13)11(16)15-8-9-4-2-1-3-5-9/h1-5,10,14H,6-8,13H2,(H,15,16). The fraction of sp³-hybridized carbons (Fsp3) is 0.364. The first-order valence-corrected chi connectivity index (χ1v) is 5.57. The van der Waals surface area contributed by atoms with E-state index in [0.717, 1.165) is 5.56 Å². The Morgan fingerprint density at radius 1 is 1.38 bits per heavy atom. The average molecular weight is 242 g/mol. The SMILES string of the molecule is NCCNC(Cl)C(=O)NCc1ccccc1. The summed E-state index contributed by atoms with van der Waals surface area (Å²) in [6, 6.07) is 9.66. The van der Waals surface area contributed by atoms with Crippen molar-refractivity contribution in [3.8, 4) is 0 Å². The molecule has 88 valence electrons. The van der Waals surface area contributed by atoms with Crippen LogP contribution in [0.1, 0.15) is 5.56 Å². The van der Waals surface area contributed by atoms with Crippen LogP contribution in [0.25, 0.3) is 0 Å². The summed E-state index contributed by atoms with van der Waals surface area (Å²) < 4.78 is 0. The molecule has 1 aromatic rings. The van der Waals surface area contributed by atoms with Crippen molar-refractivity contribution in [1.82, 2.24) is 10.6 Å². The molecule has 0 spiro atoms. The Kier molecular flexibility index (Phi) is 5.85. The number of hydrogen-bond acceptors (Lipinski definition) is 3. The first-order valence-electron chi connectivity index (χ1n) is 5.13. The van der Waals surface area contributed by atoms with Gasteiger partial charge < -0.3 is 11.1 Å². The summed E-state index contributed by atoms with van der Waals surface area (Å²) in [5.74, 6) is -0.237. The molecular weight excluding hydrogens is 226 g/mol. The molecule has 1 unspecified atom stereocenters. The Hall–Kier alpha value is -1.10. The van der Waals surface area contributed by atoms with E-state index < -0.39 is 5.50 Å². The third-order valence-electron chi connectivity index (χ3n) is 2.01. The van der Waals surface area contributed by atoms with Crippen molar-refractivity contribution < 1.29 is 4.79 Å². The van der Waals surface area contributed by atoms with Crippen LogP contribution in [-0.4, -0.2) is 24.5 Å². The summed E-state index contributed by atoms with van der Waals surface area (Å²) in [5.41, 5.74) is 5.60. The maximum atomic E-state index is 11.5. The van der Waals surface area contributed by atoms with E-state index in [9.17, 15) is 4.79 Å². The number of carbonyl (C=O) groups excluding carboxylic acids is 1. The monoisotopic (exact) mass is 241 g/mol. The van der Waals surface area contributed by atoms with Crippen LogP contribution in [0.2, 0.25) is 0 Å². The van der Waals surface area contributed by atoms with Crippen molar-refractivity contribution in [2.45, 2.75) is 12.0 Å². The molecule has 0 bridgehead atoms. The third-order valence-corrected chi connectivity index (χ3v) is 2.36. The number of rotatable bonds is 6. The van der Waals surface area contributed by atoms with Crippen LogP contribution in [0.4, 0.5) is 0 Å². The number of benzene rings is 1. The normalized spacial score (nSPS) is 12.1. The Balaban J connectivity index is 2.29. The van der Waals surface area contributed by atoms with Crippen molar-refractivity contribution in [2.75, 3.05) is 13.1 Å². The highest BCUT2D eigenvalue weighted by Crippen LogP contribution is 1.98. The Morgan fingerprint density at radius 2 is 2.06 bits per heavy atom. The van der Waals surface area contributed by atoms with E-state index in [4.69, 9.17) is 17.3 Å². The van der Waals surface area contributed by atoms with Gasteiger partial charge in [0.05, 0.1) is 0 Å². The second-order valence-electron chi connectivity index (χ2n) is 3.31. The number of hydrogen-bond donors (Lipinski definition) is 3. The third kappa shape index (κ3) is 4.61. The summed E-state index contributed by atoms with van der Waals surface area (Å²) in [6.45, 7) is 1.45. The maximum Gasteiger partial charge on any atom is 0.252 e. The lowest BCUT2D eigenvalue weighted by atomic mass is 10.2. The molecule has 0 aliphatic carbocycles. The molecule has 1 amide bonds. The number of halogens is 1. The van der Waals surface area contributed by atoms with Crippen LogP contribution in [0.5, 0.6) is 0 Å². The molecule has 1 rings (SSSR count). The highest BCUT2D eigenvalue weighted by Gasteiger charge is 2.12. The number of nitrogens with one attached hydrogen (secondary N) is 2. The summed E-state index contributed by atoms with van der Waals surface area (Å²) in [6.07, 6.45) is 0. The van der Waals surface area contributed by atoms with Crippen LogP contribution in [0.15, 0.2) is 30.3 Å². The van der Waals surface area contributed by atoms with E-state index in [1.54, 1.807) is 0 Å². The Morgan fingerprint density at radius 3 is 2.69 bits per heavy atom. The summed E-state index contributed by atoms with van der Waals surface area (Å²) in [4.78, 5) is 11.5. The van der Waals surface area contributed by atoms with Gasteiger partial charge in [-0.3, -0.25) is 10.1 Å². The molecule has 0 aromatic heterocycles. The minimum atomic E-state index is -0.729. The molecule has 5 heteroatoms. The first-order chi connectivity index (χ1) is 7.74. The maximum absolute atomic E-state index is 11.5. The fourth-order valence-electron chi connectivity index (χ4n) is 1.18. The van der Waals surface area contributed by atoms with Crippen LogP contribution >= 0.6 is 11.6 Å². The lowest BCUT2D eigenvalue weighted by Gasteiger charge is -2.11. The zero-order chi connectivity index (χ0) is 11.8. The molecule has 16 heavy (non-hydrogen) atoms. The highest BCUT2D eigenvalue weighted by molar-refractivity contribution is 6.30. The Bertz CT molecular complexity index is 318. The molecule has 0 fully saturated rings. The minimum absolute atomic E-state index is 0.237. The van der Waals surface area contributed by atoms with Gasteiger partial charge in [-0.05, 0) is 5.56 Å². The van der Waals surface area contributed by atoms with Crippen LogP contribution in [-0.2, 0) is 11.3 Å². The molecule has 1 atom stereocenters. The zero-order valence-electron chi connectivity index (χ0n) is 8.95. The van der Waals surface area contributed by atoms with Gasteiger partial charge in [-0.2, -0.15) is 0 Å². The second kappa shape index (κ2) is 7.22. The molecule has 1 aromatic carbocycles. The van der Waals surface area contributed by atoms with Crippen molar-refractivity contribution in [2.24, 2.45) is 5.73 Å². The summed E-state index contributed by atoms with van der Waals surface area (Å²) in [7, 11) is 0. The zero-order valence-corrected chi connectivity index (χ0v) is 9.70. The van der Waals surface area contributed by atoms with Gasteiger partial charge in [0.25, 0.3) is 5.91 Å². The van der Waals surface area contributed by atoms with Gasteiger partial charge >= 0.3 is 0 Å². The predicted molar refractivity (Wildman–Crippen MR) is 65.0 cm³/mol. The van der Waals surface area contributed by atoms with Gasteiger partial charge in [0, 0.05) is 19.6 Å². The molecule has 0 saturated heterocycles. The van der Waals surface area contributed by atoms with E-state index in [1.165, 1.54) is 0 Å². The average Bonchev–Trinajstić information content (AvgIpc) is 2.34. The van der Waals surface area contributed by atoms with Gasteiger partial charge in [-0.1, -0.05) is 41.9 Å². The fourth-order valence-corrected chi connectivity index (χ4v) is 1.36. The van der Waals surface area contributed by atoms with Crippen molar-refractivity contribution in [3.63, 3.8) is 0 Å². The van der Waals surface area contributed by atoms with E-state index in [2.05, 4.69) is 10.6 Å². The van der Waals surface area contributed by atoms with Gasteiger partial charge in [0.15, 0.2) is 5.50 Å². The quantitative estimate of drug-likeness (QED) is 0.500. The number of carbonyl (C=O) groups is 1. The summed E-state index contributed by atoms with van der Waals surface area (Å²) >= 11 is 5.80. The van der Waals surface area contributed by atoms with E-state index in [1.807, 2.05) is 30.3 Å². The summed E-state index contributed by atoms with van der Waals surface area (Å²) in [5, 5.41) is 5.53. The topological polar surface area (TPSA) is 67.1 Å². The number of nitrogens with two attached hydrogens (primary N) is 1. The van der Waals surface area contributed by atoms with Crippen molar-refractivity contribution in [3.05, 3.63) is 35.9 Å². The minimum Gasteiger partial charge on any atom is -0.350 e. The number of amides is 1. The van der Waals surface area contributed by atoms with Gasteiger partial charge in [-0.15, -0.1) is 0 Å². The van der Waals surface area contributed by atoms with E-state index >= 15 is 0 Å². The van der Waals surface area contributed by atoms with Crippen molar-refractivity contribution >= 4 is 17.5 Å². The van der Waals surface area contributed by atoms with Gasteiger partial charge in [-0.25, -0.2) is 0 Å². The van der Waals surface area contributed by atoms with Gasteiger partial charge in [0.1, 0.15) is 0 Å². The van der Waals surface area contributed by atoms with Crippen LogP contribution < -0.4 is 16.4 Å². The van der Waals surface area contributed by atoms with E-state index in [-0.39, 0.29) is 5.91 Å². The van der Waals surface area contributed by atoms with Crippen molar-refractivity contribution in [1.29, 1.82) is 0 Å². The van der Waals surface area contributed by atoms with E-state index in [0.29, 0.717) is 19.6 Å². The number of alkyl halides is 1. The lowest BCUT2D eigenvalue weighted by Crippen LogP contribution is -2.41. The molecule has 4 nitrogen and oxygen atoms in total.